The SMILES string of the molecule is CS(=O)(=O)C1CSCCN1C(=O)NC(=O)CCCl. The number of nitrogens with zero attached hydrogens (tertiary/aromatic N) is 1. The van der Waals surface area contributed by atoms with Crippen LogP contribution in [0.5, 0.6) is 0 Å². The van der Waals surface area contributed by atoms with Crippen molar-refractivity contribution in [2.45, 2.75) is 11.8 Å². The van der Waals surface area contributed by atoms with Crippen molar-refractivity contribution < 1.29 is 18.0 Å². The monoisotopic (exact) mass is 314 g/mol. The Morgan fingerprint density at radius 1 is 1.50 bits per heavy atom. The summed E-state index contributed by atoms with van der Waals surface area (Å²) in [5.74, 6) is 0.601. The summed E-state index contributed by atoms with van der Waals surface area (Å²) < 4.78 is 23.1. The first kappa shape index (κ1) is 15.6. The molecule has 1 rings (SSSR count). The quantitative estimate of drug-likeness (QED) is 0.756. The number of urea groups is 1. The van der Waals surface area contributed by atoms with Gasteiger partial charge in [-0.25, -0.2) is 13.2 Å². The minimum Gasteiger partial charge on any atom is -0.306 e. The maximum Gasteiger partial charge on any atom is 0.325 e. The smallest absolute Gasteiger partial charge is 0.306 e. The Kier molecular flexibility index (Phi) is 5.74. The molecule has 1 saturated heterocycles. The standard InChI is InChI=1S/C9H15ClN2O4S2/c1-18(15,16)8-6-17-5-4-12(8)9(14)11-7(13)2-3-10/h8H,2-6H2,1H3,(H,11,13,14). The van der Waals surface area contributed by atoms with Gasteiger partial charge in [0.1, 0.15) is 5.37 Å². The van der Waals surface area contributed by atoms with Crippen LogP contribution in [-0.4, -0.2) is 60.8 Å². The number of hydrogen-bond donors (Lipinski definition) is 1. The Morgan fingerprint density at radius 2 is 2.17 bits per heavy atom. The van der Waals surface area contributed by atoms with Gasteiger partial charge in [0.05, 0.1) is 0 Å². The van der Waals surface area contributed by atoms with Gasteiger partial charge >= 0.3 is 6.03 Å². The lowest BCUT2D eigenvalue weighted by Crippen LogP contribution is -2.54. The molecular weight excluding hydrogens is 300 g/mol. The normalized spacial score (nSPS) is 20.6. The molecule has 6 nitrogen and oxygen atoms in total. The van der Waals surface area contributed by atoms with Crippen molar-refractivity contribution in [2.24, 2.45) is 0 Å². The second-order valence-electron chi connectivity index (χ2n) is 3.84. The summed E-state index contributed by atoms with van der Waals surface area (Å²) in [6.07, 6.45) is 1.11. The maximum absolute atomic E-state index is 11.8. The molecule has 1 aliphatic heterocycles. The fourth-order valence-electron chi connectivity index (χ4n) is 1.51. The Balaban J connectivity index is 2.72. The fourth-order valence-corrected chi connectivity index (χ4v) is 4.49. The molecule has 0 aromatic carbocycles. The fraction of sp³-hybridized carbons (Fsp3) is 0.778. The number of amides is 3. The topological polar surface area (TPSA) is 83.6 Å². The third-order valence-electron chi connectivity index (χ3n) is 2.41. The van der Waals surface area contributed by atoms with E-state index in [9.17, 15) is 18.0 Å². The van der Waals surface area contributed by atoms with E-state index < -0.39 is 27.1 Å². The van der Waals surface area contributed by atoms with E-state index in [1.54, 1.807) is 0 Å². The van der Waals surface area contributed by atoms with Crippen LogP contribution in [0, 0.1) is 0 Å². The molecular formula is C9H15ClN2O4S2. The Morgan fingerprint density at radius 3 is 2.72 bits per heavy atom. The van der Waals surface area contributed by atoms with Crippen molar-refractivity contribution in [1.82, 2.24) is 10.2 Å². The summed E-state index contributed by atoms with van der Waals surface area (Å²) in [6.45, 7) is 0.308. The molecule has 1 heterocycles. The van der Waals surface area contributed by atoms with Crippen LogP contribution >= 0.6 is 23.4 Å². The van der Waals surface area contributed by atoms with Crippen LogP contribution in [0.25, 0.3) is 0 Å². The number of imide groups is 1. The summed E-state index contributed by atoms with van der Waals surface area (Å²) in [5, 5.41) is 1.27. The first-order chi connectivity index (χ1) is 8.36. The van der Waals surface area contributed by atoms with Gasteiger partial charge in [-0.05, 0) is 0 Å². The highest BCUT2D eigenvalue weighted by Crippen LogP contribution is 2.20. The Labute approximate surface area is 115 Å². The summed E-state index contributed by atoms with van der Waals surface area (Å²) in [4.78, 5) is 24.3. The van der Waals surface area contributed by atoms with Gasteiger partial charge in [0, 0.05) is 36.6 Å². The molecule has 104 valence electrons. The number of alkyl halides is 1. The average molecular weight is 315 g/mol. The van der Waals surface area contributed by atoms with E-state index in [0.717, 1.165) is 6.26 Å². The first-order valence-electron chi connectivity index (χ1n) is 5.29. The van der Waals surface area contributed by atoms with Gasteiger partial charge in [-0.15, -0.1) is 11.6 Å². The van der Waals surface area contributed by atoms with Gasteiger partial charge in [-0.2, -0.15) is 11.8 Å². The molecule has 0 radical (unpaired) electrons. The summed E-state index contributed by atoms with van der Waals surface area (Å²) >= 11 is 6.86. The first-order valence-corrected chi connectivity index (χ1v) is 8.93. The van der Waals surface area contributed by atoms with E-state index in [2.05, 4.69) is 5.32 Å². The van der Waals surface area contributed by atoms with Crippen molar-refractivity contribution in [3.05, 3.63) is 0 Å². The lowest BCUT2D eigenvalue weighted by Gasteiger charge is -2.33. The molecule has 1 fully saturated rings. The molecule has 3 amide bonds. The predicted octanol–water partition coefficient (Wildman–Crippen LogP) is 0.271. The van der Waals surface area contributed by atoms with Crippen LogP contribution in [0.2, 0.25) is 0 Å². The van der Waals surface area contributed by atoms with Crippen LogP contribution in [0.4, 0.5) is 4.79 Å². The van der Waals surface area contributed by atoms with E-state index >= 15 is 0 Å². The zero-order chi connectivity index (χ0) is 13.8. The summed E-state index contributed by atoms with van der Waals surface area (Å²) in [5.41, 5.74) is 0. The van der Waals surface area contributed by atoms with Crippen molar-refractivity contribution in [3.63, 3.8) is 0 Å². The molecule has 1 unspecified atom stereocenters. The minimum absolute atomic E-state index is 0.0272. The van der Waals surface area contributed by atoms with E-state index in [0.29, 0.717) is 18.1 Å². The van der Waals surface area contributed by atoms with E-state index in [4.69, 9.17) is 11.6 Å². The lowest BCUT2D eigenvalue weighted by molar-refractivity contribution is -0.119. The van der Waals surface area contributed by atoms with Gasteiger partial charge in [-0.3, -0.25) is 10.1 Å². The van der Waals surface area contributed by atoms with Crippen molar-refractivity contribution in [2.75, 3.05) is 30.2 Å². The molecule has 1 atom stereocenters. The molecule has 1 N–H and O–H groups in total. The van der Waals surface area contributed by atoms with Crippen molar-refractivity contribution in [1.29, 1.82) is 0 Å². The highest BCUT2D eigenvalue weighted by Gasteiger charge is 2.34. The van der Waals surface area contributed by atoms with Crippen LogP contribution in [0.3, 0.4) is 0 Å². The second-order valence-corrected chi connectivity index (χ2v) is 7.58. The van der Waals surface area contributed by atoms with Gasteiger partial charge in [0.15, 0.2) is 9.84 Å². The molecule has 0 aromatic rings. The third-order valence-corrected chi connectivity index (χ3v) is 5.24. The molecule has 0 aliphatic carbocycles. The number of carbonyl (C=O) groups is 2. The van der Waals surface area contributed by atoms with Gasteiger partial charge < -0.3 is 4.90 Å². The zero-order valence-electron chi connectivity index (χ0n) is 9.89. The molecule has 0 saturated carbocycles. The van der Waals surface area contributed by atoms with Gasteiger partial charge in [0.2, 0.25) is 5.91 Å². The number of rotatable bonds is 3. The van der Waals surface area contributed by atoms with Crippen LogP contribution in [0.1, 0.15) is 6.42 Å². The Bertz CT molecular complexity index is 426. The van der Waals surface area contributed by atoms with Gasteiger partial charge in [-0.1, -0.05) is 0 Å². The number of halogens is 1. The number of nitrogens with one attached hydrogen (secondary N) is 1. The number of carbonyl (C=O) groups excluding carboxylic acids is 2. The Hall–Kier alpha value is -0.470. The third kappa shape index (κ3) is 4.33. The van der Waals surface area contributed by atoms with E-state index in [-0.39, 0.29) is 12.3 Å². The van der Waals surface area contributed by atoms with E-state index in [1.807, 2.05) is 0 Å². The zero-order valence-corrected chi connectivity index (χ0v) is 12.3. The van der Waals surface area contributed by atoms with Crippen molar-refractivity contribution >= 4 is 45.1 Å². The maximum atomic E-state index is 11.8. The molecule has 1 aliphatic rings. The highest BCUT2D eigenvalue weighted by molar-refractivity contribution is 8.00. The summed E-state index contributed by atoms with van der Waals surface area (Å²) in [7, 11) is -3.36. The molecule has 18 heavy (non-hydrogen) atoms. The second kappa shape index (κ2) is 6.63. The van der Waals surface area contributed by atoms with Crippen molar-refractivity contribution in [3.8, 4) is 0 Å². The molecule has 9 heteroatoms. The number of sulfone groups is 1. The van der Waals surface area contributed by atoms with Crippen LogP contribution < -0.4 is 5.32 Å². The average Bonchev–Trinajstić information content (AvgIpc) is 2.28. The van der Waals surface area contributed by atoms with E-state index in [1.165, 1.54) is 16.7 Å². The van der Waals surface area contributed by atoms with Crippen LogP contribution in [0.15, 0.2) is 0 Å². The van der Waals surface area contributed by atoms with Crippen LogP contribution in [-0.2, 0) is 14.6 Å². The molecule has 0 bridgehead atoms. The predicted molar refractivity (Wildman–Crippen MR) is 71.5 cm³/mol. The number of thioether (sulfide) groups is 1. The minimum atomic E-state index is -3.36. The molecule has 0 spiro atoms. The largest absolute Gasteiger partial charge is 0.325 e. The highest BCUT2D eigenvalue weighted by atomic mass is 35.5. The molecule has 0 aromatic heterocycles. The number of hydrogen-bond acceptors (Lipinski definition) is 5. The lowest BCUT2D eigenvalue weighted by atomic mass is 10.4. The summed E-state index contributed by atoms with van der Waals surface area (Å²) in [6, 6.07) is -0.666. The van der Waals surface area contributed by atoms with Gasteiger partial charge in [0.25, 0.3) is 0 Å².